The van der Waals surface area contributed by atoms with Gasteiger partial charge in [0.2, 0.25) is 5.91 Å². The van der Waals surface area contributed by atoms with Crippen LogP contribution in [0.3, 0.4) is 0 Å². The van der Waals surface area contributed by atoms with E-state index in [-0.39, 0.29) is 23.9 Å². The first kappa shape index (κ1) is 17.3. The summed E-state index contributed by atoms with van der Waals surface area (Å²) in [5.41, 5.74) is 1.33. The van der Waals surface area contributed by atoms with Crippen LogP contribution in [-0.4, -0.2) is 26.9 Å². The number of carbonyl (C=O) groups excluding carboxylic acids is 1. The van der Waals surface area contributed by atoms with Gasteiger partial charge < -0.3 is 10.3 Å². The van der Waals surface area contributed by atoms with E-state index < -0.39 is 0 Å². The van der Waals surface area contributed by atoms with Crippen LogP contribution in [0.5, 0.6) is 0 Å². The van der Waals surface area contributed by atoms with E-state index in [1.165, 1.54) is 12.8 Å². The summed E-state index contributed by atoms with van der Waals surface area (Å²) in [6.07, 6.45) is 8.56. The van der Waals surface area contributed by atoms with Crippen molar-refractivity contribution in [1.82, 2.24) is 20.3 Å². The summed E-state index contributed by atoms with van der Waals surface area (Å²) in [6.45, 7) is 1.76. The minimum atomic E-state index is -0.274. The zero-order valence-electron chi connectivity index (χ0n) is 14.5. The molecule has 2 aromatic rings. The van der Waals surface area contributed by atoms with Gasteiger partial charge in [-0.05, 0) is 31.9 Å². The van der Waals surface area contributed by atoms with Gasteiger partial charge >= 0.3 is 0 Å². The number of hydrogen-bond donors (Lipinski definition) is 2. The van der Waals surface area contributed by atoms with Crippen LogP contribution in [0.2, 0.25) is 0 Å². The first-order chi connectivity index (χ1) is 12.1. The highest BCUT2D eigenvalue weighted by molar-refractivity contribution is 5.79. The van der Waals surface area contributed by atoms with Crippen LogP contribution in [-0.2, 0) is 11.2 Å². The maximum Gasteiger partial charge on any atom is 0.255 e. The molecule has 6 nitrogen and oxygen atoms in total. The Kier molecular flexibility index (Phi) is 5.58. The van der Waals surface area contributed by atoms with E-state index in [0.717, 1.165) is 25.7 Å². The van der Waals surface area contributed by atoms with Gasteiger partial charge in [-0.2, -0.15) is 0 Å². The molecule has 1 aliphatic rings. The van der Waals surface area contributed by atoms with Crippen molar-refractivity contribution >= 4 is 5.91 Å². The van der Waals surface area contributed by atoms with E-state index in [0.29, 0.717) is 22.8 Å². The molecule has 3 rings (SSSR count). The molecular formula is C19H24N4O2. The number of nitrogens with one attached hydrogen (secondary N) is 2. The van der Waals surface area contributed by atoms with Gasteiger partial charge in [-0.25, -0.2) is 4.98 Å². The van der Waals surface area contributed by atoms with Crippen LogP contribution in [0.15, 0.2) is 29.2 Å². The number of aromatic nitrogens is 3. The SMILES string of the molecule is Cc1nc(-c2ccccn2)[nH]c(=O)c1CC(=O)NC1CCCCCC1. The highest BCUT2D eigenvalue weighted by Crippen LogP contribution is 2.17. The topological polar surface area (TPSA) is 87.7 Å². The Morgan fingerprint density at radius 1 is 1.24 bits per heavy atom. The zero-order valence-corrected chi connectivity index (χ0v) is 14.5. The lowest BCUT2D eigenvalue weighted by Gasteiger charge is -2.16. The molecule has 0 atom stereocenters. The van der Waals surface area contributed by atoms with Crippen molar-refractivity contribution in [3.63, 3.8) is 0 Å². The summed E-state index contributed by atoms with van der Waals surface area (Å²) in [5.74, 6) is 0.323. The molecule has 2 heterocycles. The Labute approximate surface area is 147 Å². The number of aromatic amines is 1. The molecule has 0 saturated heterocycles. The standard InChI is InChI=1S/C19H24N4O2/c1-13-15(12-17(24)22-14-8-4-2-3-5-9-14)19(25)23-18(21-13)16-10-6-7-11-20-16/h6-7,10-11,14H,2-5,8-9,12H2,1H3,(H,22,24)(H,21,23,25). The van der Waals surface area contributed by atoms with Gasteiger partial charge in [-0.15, -0.1) is 0 Å². The zero-order chi connectivity index (χ0) is 17.6. The lowest BCUT2D eigenvalue weighted by Crippen LogP contribution is -2.36. The first-order valence-electron chi connectivity index (χ1n) is 8.94. The molecule has 0 spiro atoms. The average Bonchev–Trinajstić information content (AvgIpc) is 2.87. The number of nitrogens with zero attached hydrogens (tertiary/aromatic N) is 2. The predicted molar refractivity (Wildman–Crippen MR) is 96.2 cm³/mol. The summed E-state index contributed by atoms with van der Waals surface area (Å²) in [4.78, 5) is 36.1. The minimum Gasteiger partial charge on any atom is -0.353 e. The molecule has 2 N–H and O–H groups in total. The molecule has 132 valence electrons. The monoisotopic (exact) mass is 340 g/mol. The highest BCUT2D eigenvalue weighted by atomic mass is 16.2. The molecule has 6 heteroatoms. The second-order valence-corrected chi connectivity index (χ2v) is 6.63. The van der Waals surface area contributed by atoms with Gasteiger partial charge in [-0.1, -0.05) is 31.7 Å². The fraction of sp³-hybridized carbons (Fsp3) is 0.474. The Bertz CT molecular complexity index is 778. The molecule has 25 heavy (non-hydrogen) atoms. The van der Waals surface area contributed by atoms with Crippen LogP contribution < -0.4 is 10.9 Å². The number of H-pyrrole nitrogens is 1. The third-order valence-electron chi connectivity index (χ3n) is 4.69. The van der Waals surface area contributed by atoms with Gasteiger partial charge in [0.15, 0.2) is 5.82 Å². The lowest BCUT2D eigenvalue weighted by molar-refractivity contribution is -0.121. The third kappa shape index (κ3) is 4.53. The predicted octanol–water partition coefficient (Wildman–Crippen LogP) is 2.52. The molecule has 1 aliphatic carbocycles. The van der Waals surface area contributed by atoms with Gasteiger partial charge in [-0.3, -0.25) is 14.6 Å². The summed E-state index contributed by atoms with van der Waals surface area (Å²) in [7, 11) is 0. The van der Waals surface area contributed by atoms with Crippen LogP contribution in [0.1, 0.15) is 49.8 Å². The number of carbonyl (C=O) groups is 1. The summed E-state index contributed by atoms with van der Waals surface area (Å²) in [6, 6.07) is 5.66. The Morgan fingerprint density at radius 2 is 2.00 bits per heavy atom. The average molecular weight is 340 g/mol. The third-order valence-corrected chi connectivity index (χ3v) is 4.69. The quantitative estimate of drug-likeness (QED) is 0.837. The van der Waals surface area contributed by atoms with E-state index >= 15 is 0 Å². The molecule has 0 radical (unpaired) electrons. The van der Waals surface area contributed by atoms with Crippen molar-refractivity contribution in [3.8, 4) is 11.5 Å². The molecule has 0 unspecified atom stereocenters. The van der Waals surface area contributed by atoms with Crippen molar-refractivity contribution in [2.45, 2.75) is 57.9 Å². The fourth-order valence-electron chi connectivity index (χ4n) is 3.31. The van der Waals surface area contributed by atoms with Gasteiger partial charge in [0.05, 0.1) is 6.42 Å². The highest BCUT2D eigenvalue weighted by Gasteiger charge is 2.18. The second kappa shape index (κ2) is 8.05. The van der Waals surface area contributed by atoms with Crippen LogP contribution in [0.4, 0.5) is 0 Å². The molecule has 0 aliphatic heterocycles. The smallest absolute Gasteiger partial charge is 0.255 e. The van der Waals surface area contributed by atoms with Crippen LogP contribution in [0, 0.1) is 6.92 Å². The Morgan fingerprint density at radius 3 is 2.64 bits per heavy atom. The summed E-state index contributed by atoms with van der Waals surface area (Å²) < 4.78 is 0. The van der Waals surface area contributed by atoms with Crippen molar-refractivity contribution in [2.75, 3.05) is 0 Å². The maximum absolute atomic E-state index is 12.4. The van der Waals surface area contributed by atoms with E-state index in [1.807, 2.05) is 6.07 Å². The Balaban J connectivity index is 1.72. The molecule has 2 aromatic heterocycles. The minimum absolute atomic E-state index is 0.0627. The number of pyridine rings is 1. The number of aryl methyl sites for hydroxylation is 1. The lowest BCUT2D eigenvalue weighted by atomic mass is 10.1. The van der Waals surface area contributed by atoms with Gasteiger partial charge in [0.25, 0.3) is 5.56 Å². The van der Waals surface area contributed by atoms with Gasteiger partial charge in [0, 0.05) is 23.5 Å². The second-order valence-electron chi connectivity index (χ2n) is 6.63. The largest absolute Gasteiger partial charge is 0.353 e. The maximum atomic E-state index is 12.4. The normalized spacial score (nSPS) is 15.6. The van der Waals surface area contributed by atoms with Gasteiger partial charge in [0.1, 0.15) is 5.69 Å². The fourth-order valence-corrected chi connectivity index (χ4v) is 3.31. The molecule has 1 saturated carbocycles. The molecule has 0 aromatic carbocycles. The van der Waals surface area contributed by atoms with E-state index in [9.17, 15) is 9.59 Å². The van der Waals surface area contributed by atoms with Crippen molar-refractivity contribution in [2.24, 2.45) is 0 Å². The van der Waals surface area contributed by atoms with Crippen LogP contribution in [0.25, 0.3) is 11.5 Å². The van der Waals surface area contributed by atoms with E-state index in [1.54, 1.807) is 25.3 Å². The van der Waals surface area contributed by atoms with Crippen molar-refractivity contribution in [1.29, 1.82) is 0 Å². The van der Waals surface area contributed by atoms with Crippen molar-refractivity contribution in [3.05, 3.63) is 46.0 Å². The first-order valence-corrected chi connectivity index (χ1v) is 8.94. The summed E-state index contributed by atoms with van der Waals surface area (Å²) >= 11 is 0. The molecule has 0 bridgehead atoms. The van der Waals surface area contributed by atoms with Crippen LogP contribution >= 0.6 is 0 Å². The van der Waals surface area contributed by atoms with E-state index in [4.69, 9.17) is 0 Å². The number of rotatable bonds is 4. The van der Waals surface area contributed by atoms with E-state index in [2.05, 4.69) is 20.3 Å². The molecular weight excluding hydrogens is 316 g/mol. The van der Waals surface area contributed by atoms with Crippen molar-refractivity contribution < 1.29 is 4.79 Å². The number of hydrogen-bond acceptors (Lipinski definition) is 4. The number of amides is 1. The molecule has 1 amide bonds. The molecule has 1 fully saturated rings. The summed E-state index contributed by atoms with van der Waals surface area (Å²) in [5, 5.41) is 3.08. The Hall–Kier alpha value is -2.50.